The van der Waals surface area contributed by atoms with Crippen molar-refractivity contribution in [3.63, 3.8) is 0 Å². The fraction of sp³-hybridized carbons (Fsp3) is 0.250. The number of benzene rings is 1. The van der Waals surface area contributed by atoms with Crippen LogP contribution in [0.15, 0.2) is 18.2 Å². The molecule has 3 N–H and O–H groups in total. The van der Waals surface area contributed by atoms with Crippen molar-refractivity contribution < 1.29 is 22.4 Å². The second kappa shape index (κ2) is 6.20. The van der Waals surface area contributed by atoms with E-state index in [2.05, 4.69) is 11.8 Å². The molecule has 0 heterocycles. The van der Waals surface area contributed by atoms with Gasteiger partial charge in [-0.05, 0) is 18.2 Å². The Morgan fingerprint density at radius 1 is 1.37 bits per heavy atom. The van der Waals surface area contributed by atoms with Crippen molar-refractivity contribution >= 4 is 5.91 Å². The lowest BCUT2D eigenvalue weighted by molar-refractivity contribution is -0.123. The zero-order valence-electron chi connectivity index (χ0n) is 9.64. The maximum atomic E-state index is 13.5. The van der Waals surface area contributed by atoms with Gasteiger partial charge in [-0.1, -0.05) is 11.8 Å². The van der Waals surface area contributed by atoms with E-state index >= 15 is 0 Å². The summed E-state index contributed by atoms with van der Waals surface area (Å²) in [6.07, 6.45) is -4.51. The Balaban J connectivity index is 2.80. The van der Waals surface area contributed by atoms with Crippen LogP contribution in [-0.4, -0.2) is 25.2 Å². The molecule has 1 aromatic carbocycles. The summed E-state index contributed by atoms with van der Waals surface area (Å²) in [6, 6.07) is 3.22. The number of halogens is 4. The molecular weight excluding hydrogens is 264 g/mol. The molecule has 0 atom stereocenters. The number of amides is 1. The molecule has 7 heteroatoms. The number of nitrogens with two attached hydrogens (primary N) is 1. The first-order valence-electron chi connectivity index (χ1n) is 5.17. The highest BCUT2D eigenvalue weighted by Crippen LogP contribution is 2.13. The number of hydrogen-bond donors (Lipinski definition) is 2. The summed E-state index contributed by atoms with van der Waals surface area (Å²) in [5.41, 5.74) is 4.94. The van der Waals surface area contributed by atoms with Crippen molar-refractivity contribution in [2.75, 3.05) is 13.1 Å². The summed E-state index contributed by atoms with van der Waals surface area (Å²) in [5, 5.41) is 1.64. The van der Waals surface area contributed by atoms with Crippen molar-refractivity contribution in [3.05, 3.63) is 35.1 Å². The van der Waals surface area contributed by atoms with Gasteiger partial charge >= 0.3 is 6.18 Å². The van der Waals surface area contributed by atoms with Gasteiger partial charge in [0.05, 0.1) is 12.1 Å². The van der Waals surface area contributed by atoms with Crippen molar-refractivity contribution in [2.24, 2.45) is 5.73 Å². The second-order valence-electron chi connectivity index (χ2n) is 3.50. The second-order valence-corrected chi connectivity index (χ2v) is 3.50. The molecule has 0 spiro atoms. The van der Waals surface area contributed by atoms with E-state index in [0.29, 0.717) is 0 Å². The number of nitrogens with one attached hydrogen (secondary N) is 1. The zero-order chi connectivity index (χ0) is 14.5. The zero-order valence-corrected chi connectivity index (χ0v) is 9.64. The van der Waals surface area contributed by atoms with Gasteiger partial charge < -0.3 is 11.1 Å². The van der Waals surface area contributed by atoms with Gasteiger partial charge in [-0.3, -0.25) is 4.79 Å². The summed E-state index contributed by atoms with van der Waals surface area (Å²) in [6.45, 7) is -1.42. The summed E-state index contributed by atoms with van der Waals surface area (Å²) in [4.78, 5) is 11.3. The third-order valence-electron chi connectivity index (χ3n) is 2.01. The fourth-order valence-corrected chi connectivity index (χ4v) is 1.19. The summed E-state index contributed by atoms with van der Waals surface area (Å²) < 4.78 is 49.1. The van der Waals surface area contributed by atoms with Crippen LogP contribution in [0.25, 0.3) is 0 Å². The summed E-state index contributed by atoms with van der Waals surface area (Å²) in [5.74, 6) is 3.06. The van der Waals surface area contributed by atoms with Gasteiger partial charge in [-0.2, -0.15) is 13.2 Å². The highest BCUT2D eigenvalue weighted by atomic mass is 19.4. The number of rotatable bonds is 2. The fourth-order valence-electron chi connectivity index (χ4n) is 1.19. The lowest BCUT2D eigenvalue weighted by Gasteiger charge is -2.08. The molecule has 0 aromatic heterocycles. The Morgan fingerprint density at radius 3 is 2.58 bits per heavy atom. The smallest absolute Gasteiger partial charge is 0.343 e. The Kier molecular flexibility index (Phi) is 4.89. The molecule has 3 nitrogen and oxygen atoms in total. The molecule has 0 unspecified atom stereocenters. The highest BCUT2D eigenvalue weighted by molar-refractivity contribution is 5.94. The van der Waals surface area contributed by atoms with E-state index in [1.54, 1.807) is 5.32 Å². The maximum Gasteiger partial charge on any atom is 0.405 e. The molecule has 0 radical (unpaired) electrons. The first-order chi connectivity index (χ1) is 8.83. The van der Waals surface area contributed by atoms with Crippen LogP contribution in [0, 0.1) is 17.7 Å². The van der Waals surface area contributed by atoms with Gasteiger partial charge in [0.15, 0.2) is 0 Å². The van der Waals surface area contributed by atoms with Gasteiger partial charge in [-0.15, -0.1) is 0 Å². The summed E-state index contributed by atoms with van der Waals surface area (Å²) in [7, 11) is 0. The quantitative estimate of drug-likeness (QED) is 0.633. The molecule has 0 saturated heterocycles. The minimum Gasteiger partial charge on any atom is -0.343 e. The number of carbonyl (C=O) groups excluding carboxylic acids is 1. The predicted octanol–water partition coefficient (Wildman–Crippen LogP) is 1.43. The average molecular weight is 274 g/mol. The Labute approximate surface area is 106 Å². The Morgan fingerprint density at radius 2 is 2.05 bits per heavy atom. The monoisotopic (exact) mass is 274 g/mol. The Bertz CT molecular complexity index is 529. The molecule has 0 bridgehead atoms. The van der Waals surface area contributed by atoms with Crippen LogP contribution in [0.4, 0.5) is 17.6 Å². The number of alkyl halides is 3. The number of hydrogen-bond acceptors (Lipinski definition) is 2. The van der Waals surface area contributed by atoms with Crippen molar-refractivity contribution in [1.29, 1.82) is 0 Å². The molecule has 0 saturated carbocycles. The topological polar surface area (TPSA) is 55.1 Å². The SMILES string of the molecule is NCC#Cc1ccc(C(=O)NCC(F)(F)F)cc1F. The molecule has 0 fully saturated rings. The first kappa shape index (κ1) is 15.0. The molecule has 1 rings (SSSR count). The summed E-state index contributed by atoms with van der Waals surface area (Å²) >= 11 is 0. The molecule has 19 heavy (non-hydrogen) atoms. The molecule has 102 valence electrons. The van der Waals surface area contributed by atoms with E-state index in [4.69, 9.17) is 5.73 Å². The van der Waals surface area contributed by atoms with Gasteiger partial charge in [0.25, 0.3) is 5.91 Å². The molecule has 0 aliphatic carbocycles. The third-order valence-corrected chi connectivity index (χ3v) is 2.01. The van der Waals surface area contributed by atoms with Gasteiger partial charge in [0.1, 0.15) is 12.4 Å². The largest absolute Gasteiger partial charge is 0.405 e. The minimum atomic E-state index is -4.51. The van der Waals surface area contributed by atoms with Crippen LogP contribution in [-0.2, 0) is 0 Å². The van der Waals surface area contributed by atoms with E-state index in [-0.39, 0.29) is 17.7 Å². The van der Waals surface area contributed by atoms with Crippen LogP contribution in [0.1, 0.15) is 15.9 Å². The van der Waals surface area contributed by atoms with Crippen molar-refractivity contribution in [1.82, 2.24) is 5.32 Å². The normalized spacial score (nSPS) is 10.6. The van der Waals surface area contributed by atoms with Gasteiger partial charge in [-0.25, -0.2) is 4.39 Å². The lowest BCUT2D eigenvalue weighted by atomic mass is 10.1. The van der Waals surface area contributed by atoms with Crippen LogP contribution in [0.2, 0.25) is 0 Å². The lowest BCUT2D eigenvalue weighted by Crippen LogP contribution is -2.33. The predicted molar refractivity (Wildman–Crippen MR) is 60.7 cm³/mol. The minimum absolute atomic E-state index is 0.0258. The first-order valence-corrected chi connectivity index (χ1v) is 5.17. The molecule has 0 aliphatic rings. The average Bonchev–Trinajstić information content (AvgIpc) is 2.33. The maximum absolute atomic E-state index is 13.5. The third kappa shape index (κ3) is 4.97. The van der Waals surface area contributed by atoms with E-state index in [0.717, 1.165) is 6.07 Å². The van der Waals surface area contributed by atoms with Crippen LogP contribution >= 0.6 is 0 Å². The standard InChI is InChI=1S/C12H10F4N2O/c13-10-6-9(4-3-8(10)2-1-5-17)11(19)18-7-12(14,15)16/h3-4,6H,5,7,17H2,(H,18,19). The molecule has 1 amide bonds. The van der Waals surface area contributed by atoms with Crippen LogP contribution in [0.3, 0.4) is 0 Å². The van der Waals surface area contributed by atoms with Crippen LogP contribution < -0.4 is 11.1 Å². The molecule has 0 aliphatic heterocycles. The van der Waals surface area contributed by atoms with Crippen molar-refractivity contribution in [3.8, 4) is 11.8 Å². The Hall–Kier alpha value is -2.07. The van der Waals surface area contributed by atoms with E-state index in [1.807, 2.05) is 0 Å². The van der Waals surface area contributed by atoms with E-state index in [9.17, 15) is 22.4 Å². The van der Waals surface area contributed by atoms with E-state index < -0.39 is 24.4 Å². The molecule has 1 aromatic rings. The van der Waals surface area contributed by atoms with Gasteiger partial charge in [0.2, 0.25) is 0 Å². The van der Waals surface area contributed by atoms with E-state index in [1.165, 1.54) is 12.1 Å². The molecular formula is C12H10F4N2O. The van der Waals surface area contributed by atoms with Crippen LogP contribution in [0.5, 0.6) is 0 Å². The van der Waals surface area contributed by atoms with Crippen molar-refractivity contribution in [2.45, 2.75) is 6.18 Å². The highest BCUT2D eigenvalue weighted by Gasteiger charge is 2.27. The number of carbonyl (C=O) groups is 1. The van der Waals surface area contributed by atoms with Gasteiger partial charge in [0, 0.05) is 5.56 Å².